The Hall–Kier alpha value is -1.07. The molecule has 0 aliphatic rings. The minimum Gasteiger partial charge on any atom is -0.494 e. The van der Waals surface area contributed by atoms with Crippen LogP contribution in [0, 0.1) is 0 Å². The van der Waals surface area contributed by atoms with Crippen molar-refractivity contribution in [1.82, 2.24) is 4.72 Å². The van der Waals surface area contributed by atoms with Gasteiger partial charge in [0.25, 0.3) is 0 Å². The van der Waals surface area contributed by atoms with Crippen LogP contribution in [0.3, 0.4) is 0 Å². The number of unbranched alkanes of at least 4 members (excludes halogenated alkanes) is 6. The number of ether oxygens (including phenoxy) is 1. The van der Waals surface area contributed by atoms with Crippen LogP contribution < -0.4 is 9.46 Å². The van der Waals surface area contributed by atoms with E-state index in [0.29, 0.717) is 23.8 Å². The Labute approximate surface area is 135 Å². The Morgan fingerprint density at radius 2 is 1.50 bits per heavy atom. The van der Waals surface area contributed by atoms with Crippen LogP contribution in [0.5, 0.6) is 5.75 Å². The van der Waals surface area contributed by atoms with Gasteiger partial charge in [0.05, 0.1) is 11.5 Å². The first-order valence-corrected chi connectivity index (χ1v) is 9.81. The zero-order valence-corrected chi connectivity index (χ0v) is 14.6. The lowest BCUT2D eigenvalue weighted by Crippen LogP contribution is -2.24. The van der Waals surface area contributed by atoms with Crippen molar-refractivity contribution in [2.24, 2.45) is 0 Å². The highest BCUT2D eigenvalue weighted by Gasteiger charge is 2.12. The second-order valence-corrected chi connectivity index (χ2v) is 7.19. The van der Waals surface area contributed by atoms with Gasteiger partial charge in [0.15, 0.2) is 0 Å². The fourth-order valence-electron chi connectivity index (χ4n) is 2.25. The molecule has 0 saturated heterocycles. The second kappa shape index (κ2) is 10.6. The third-order valence-electron chi connectivity index (χ3n) is 3.52. The molecule has 5 heteroatoms. The number of hydrogen-bond acceptors (Lipinski definition) is 3. The van der Waals surface area contributed by atoms with Crippen LogP contribution in [0.15, 0.2) is 29.2 Å². The Bertz CT molecular complexity index is 497. The maximum Gasteiger partial charge on any atom is 0.240 e. The standard InChI is InChI=1S/C17H29NO3S/c1-3-5-6-7-8-9-10-15-18-22(19,20)17-13-11-16(12-14-17)21-4-2/h11-14,18H,3-10,15H2,1-2H3. The van der Waals surface area contributed by atoms with Crippen LogP contribution in [0.4, 0.5) is 0 Å². The van der Waals surface area contributed by atoms with Crippen LogP contribution in [0.1, 0.15) is 58.8 Å². The van der Waals surface area contributed by atoms with E-state index in [1.54, 1.807) is 24.3 Å². The van der Waals surface area contributed by atoms with Crippen LogP contribution in [0.2, 0.25) is 0 Å². The van der Waals surface area contributed by atoms with Gasteiger partial charge in [-0.1, -0.05) is 45.4 Å². The average Bonchev–Trinajstić information content (AvgIpc) is 2.51. The van der Waals surface area contributed by atoms with Crippen molar-refractivity contribution >= 4 is 10.0 Å². The number of sulfonamides is 1. The summed E-state index contributed by atoms with van der Waals surface area (Å²) in [4.78, 5) is 0.291. The summed E-state index contributed by atoms with van der Waals surface area (Å²) in [6.45, 7) is 5.18. The molecule has 0 bridgehead atoms. The van der Waals surface area contributed by atoms with Crippen LogP contribution in [0.25, 0.3) is 0 Å². The molecule has 0 aromatic heterocycles. The van der Waals surface area contributed by atoms with E-state index in [1.807, 2.05) is 6.92 Å². The molecule has 0 heterocycles. The maximum atomic E-state index is 12.1. The SMILES string of the molecule is CCCCCCCCCNS(=O)(=O)c1ccc(OCC)cc1. The summed E-state index contributed by atoms with van der Waals surface area (Å²) >= 11 is 0. The van der Waals surface area contributed by atoms with Crippen LogP contribution >= 0.6 is 0 Å². The lowest BCUT2D eigenvalue weighted by molar-refractivity contribution is 0.340. The third-order valence-corrected chi connectivity index (χ3v) is 4.99. The molecule has 0 radical (unpaired) electrons. The highest BCUT2D eigenvalue weighted by atomic mass is 32.2. The highest BCUT2D eigenvalue weighted by molar-refractivity contribution is 7.89. The highest BCUT2D eigenvalue weighted by Crippen LogP contribution is 2.16. The van der Waals surface area contributed by atoms with Gasteiger partial charge in [-0.05, 0) is 37.6 Å². The number of rotatable bonds is 12. The van der Waals surface area contributed by atoms with Gasteiger partial charge in [-0.3, -0.25) is 0 Å². The molecule has 4 nitrogen and oxygen atoms in total. The first kappa shape index (κ1) is 19.0. The zero-order valence-electron chi connectivity index (χ0n) is 13.8. The fourth-order valence-corrected chi connectivity index (χ4v) is 3.33. The molecule has 22 heavy (non-hydrogen) atoms. The topological polar surface area (TPSA) is 55.4 Å². The average molecular weight is 327 g/mol. The van der Waals surface area contributed by atoms with Crippen molar-refractivity contribution in [1.29, 1.82) is 0 Å². The normalized spacial score (nSPS) is 11.5. The molecule has 0 unspecified atom stereocenters. The molecule has 0 fully saturated rings. The van der Waals surface area contributed by atoms with Gasteiger partial charge < -0.3 is 4.74 Å². The molecule has 0 spiro atoms. The van der Waals surface area contributed by atoms with Crippen molar-refractivity contribution in [2.75, 3.05) is 13.2 Å². The van der Waals surface area contributed by atoms with E-state index in [-0.39, 0.29) is 0 Å². The summed E-state index contributed by atoms with van der Waals surface area (Å²) in [6, 6.07) is 6.54. The molecular formula is C17H29NO3S. The number of hydrogen-bond donors (Lipinski definition) is 1. The quantitative estimate of drug-likeness (QED) is 0.588. The van der Waals surface area contributed by atoms with Crippen LogP contribution in [-0.4, -0.2) is 21.6 Å². The largest absolute Gasteiger partial charge is 0.494 e. The lowest BCUT2D eigenvalue weighted by atomic mass is 10.1. The molecule has 1 N–H and O–H groups in total. The van der Waals surface area contributed by atoms with Gasteiger partial charge in [0, 0.05) is 6.54 Å². The summed E-state index contributed by atoms with van der Waals surface area (Å²) in [5, 5.41) is 0. The van der Waals surface area contributed by atoms with Gasteiger partial charge in [0.1, 0.15) is 5.75 Å². The van der Waals surface area contributed by atoms with E-state index >= 15 is 0 Å². The molecular weight excluding hydrogens is 298 g/mol. The predicted molar refractivity (Wildman–Crippen MR) is 90.8 cm³/mol. The van der Waals surface area contributed by atoms with Crippen LogP contribution in [-0.2, 0) is 10.0 Å². The third kappa shape index (κ3) is 7.27. The molecule has 0 aliphatic heterocycles. The van der Waals surface area contributed by atoms with E-state index in [2.05, 4.69) is 11.6 Å². The second-order valence-electron chi connectivity index (χ2n) is 5.42. The Kier molecular flexibility index (Phi) is 9.16. The summed E-state index contributed by atoms with van der Waals surface area (Å²) in [5.41, 5.74) is 0. The molecule has 0 amide bonds. The van der Waals surface area contributed by atoms with Gasteiger partial charge in [-0.2, -0.15) is 0 Å². The summed E-state index contributed by atoms with van der Waals surface area (Å²) in [5.74, 6) is 0.688. The van der Waals surface area contributed by atoms with Gasteiger partial charge in [-0.15, -0.1) is 0 Å². The Morgan fingerprint density at radius 1 is 0.909 bits per heavy atom. The molecule has 0 saturated carbocycles. The van der Waals surface area contributed by atoms with E-state index in [4.69, 9.17) is 4.74 Å². The van der Waals surface area contributed by atoms with Crippen molar-refractivity contribution < 1.29 is 13.2 Å². The lowest BCUT2D eigenvalue weighted by Gasteiger charge is -2.08. The smallest absolute Gasteiger partial charge is 0.240 e. The van der Waals surface area contributed by atoms with E-state index in [0.717, 1.165) is 12.8 Å². The Morgan fingerprint density at radius 3 is 2.09 bits per heavy atom. The van der Waals surface area contributed by atoms with Crippen molar-refractivity contribution in [2.45, 2.75) is 63.7 Å². The van der Waals surface area contributed by atoms with Gasteiger partial charge >= 0.3 is 0 Å². The molecule has 1 rings (SSSR count). The van der Waals surface area contributed by atoms with E-state index < -0.39 is 10.0 Å². The van der Waals surface area contributed by atoms with Gasteiger partial charge in [0.2, 0.25) is 10.0 Å². The molecule has 1 aromatic rings. The minimum atomic E-state index is -3.40. The van der Waals surface area contributed by atoms with Crippen molar-refractivity contribution in [3.05, 3.63) is 24.3 Å². The summed E-state index contributed by atoms with van der Waals surface area (Å²) in [7, 11) is -3.40. The monoisotopic (exact) mass is 327 g/mol. The number of benzene rings is 1. The minimum absolute atomic E-state index is 0.291. The predicted octanol–water partition coefficient (Wildman–Crippen LogP) is 4.11. The molecule has 126 valence electrons. The van der Waals surface area contributed by atoms with E-state index in [9.17, 15) is 8.42 Å². The van der Waals surface area contributed by atoms with Gasteiger partial charge in [-0.25, -0.2) is 13.1 Å². The van der Waals surface area contributed by atoms with E-state index in [1.165, 1.54) is 32.1 Å². The summed E-state index contributed by atoms with van der Waals surface area (Å²) < 4.78 is 32.2. The molecule has 0 aliphatic carbocycles. The number of nitrogens with one attached hydrogen (secondary N) is 1. The summed E-state index contributed by atoms with van der Waals surface area (Å²) in [6.07, 6.45) is 8.24. The first-order chi connectivity index (χ1) is 10.6. The fraction of sp³-hybridized carbons (Fsp3) is 0.647. The Balaban J connectivity index is 2.28. The molecule has 0 atom stereocenters. The molecule has 1 aromatic carbocycles. The van der Waals surface area contributed by atoms with Crippen molar-refractivity contribution in [3.63, 3.8) is 0 Å². The zero-order chi connectivity index (χ0) is 16.3. The maximum absolute atomic E-state index is 12.1. The first-order valence-electron chi connectivity index (χ1n) is 8.32. The van der Waals surface area contributed by atoms with Crippen molar-refractivity contribution in [3.8, 4) is 5.75 Å².